The van der Waals surface area contributed by atoms with E-state index in [2.05, 4.69) is 5.32 Å². The molecule has 0 saturated heterocycles. The van der Waals surface area contributed by atoms with Crippen LogP contribution in [-0.2, 0) is 0 Å². The number of halogens is 2. The summed E-state index contributed by atoms with van der Waals surface area (Å²) in [5.41, 5.74) is 0.827. The van der Waals surface area contributed by atoms with Crippen molar-refractivity contribution >= 4 is 28.9 Å². The largest absolute Gasteiger partial charge is 0.495 e. The Balaban J connectivity index is 2.84. The summed E-state index contributed by atoms with van der Waals surface area (Å²) in [5, 5.41) is 3.71. The summed E-state index contributed by atoms with van der Waals surface area (Å²) >= 11 is 11.5. The lowest BCUT2D eigenvalue weighted by Gasteiger charge is -2.12. The fraction of sp³-hybridized carbons (Fsp3) is 0.333. The van der Waals surface area contributed by atoms with Gasteiger partial charge in [0.1, 0.15) is 11.5 Å². The zero-order chi connectivity index (χ0) is 12.7. The molecule has 0 fully saturated rings. The van der Waals surface area contributed by atoms with Crippen molar-refractivity contribution in [1.29, 1.82) is 0 Å². The molecule has 1 aromatic carbocycles. The van der Waals surface area contributed by atoms with Crippen LogP contribution >= 0.6 is 23.2 Å². The highest BCUT2D eigenvalue weighted by Crippen LogP contribution is 2.35. The third-order valence-electron chi connectivity index (χ3n) is 2.14. The number of hydrogen-bond acceptors (Lipinski definition) is 3. The van der Waals surface area contributed by atoms with E-state index in [1.807, 2.05) is 12.2 Å². The Morgan fingerprint density at radius 2 is 1.88 bits per heavy atom. The normalized spacial score (nSPS) is 10.6. The van der Waals surface area contributed by atoms with Gasteiger partial charge in [-0.25, -0.2) is 0 Å². The number of allylic oxidation sites excluding steroid dienone is 1. The van der Waals surface area contributed by atoms with E-state index in [4.69, 9.17) is 32.7 Å². The number of hydrogen-bond donors (Lipinski definition) is 1. The van der Waals surface area contributed by atoms with Crippen molar-refractivity contribution in [2.24, 2.45) is 0 Å². The fourth-order valence-corrected chi connectivity index (χ4v) is 1.67. The Morgan fingerprint density at radius 3 is 2.47 bits per heavy atom. The molecular formula is C12H15Cl2NO2. The van der Waals surface area contributed by atoms with Gasteiger partial charge in [0, 0.05) is 24.6 Å². The lowest BCUT2D eigenvalue weighted by molar-refractivity contribution is 0.405. The highest BCUT2D eigenvalue weighted by molar-refractivity contribution is 6.32. The molecule has 0 amide bonds. The Hall–Kier alpha value is -1.06. The number of benzene rings is 1. The zero-order valence-corrected chi connectivity index (χ0v) is 11.3. The van der Waals surface area contributed by atoms with Crippen LogP contribution in [0.25, 0.3) is 0 Å². The minimum atomic E-state index is 0.503. The molecule has 0 bridgehead atoms. The molecule has 0 unspecified atom stereocenters. The number of alkyl halides is 1. The number of nitrogens with one attached hydrogen (secondary N) is 1. The van der Waals surface area contributed by atoms with Crippen LogP contribution in [0.1, 0.15) is 0 Å². The lowest BCUT2D eigenvalue weighted by Crippen LogP contribution is -2.01. The van der Waals surface area contributed by atoms with Gasteiger partial charge in [0.25, 0.3) is 0 Å². The average molecular weight is 276 g/mol. The van der Waals surface area contributed by atoms with Crippen molar-refractivity contribution in [3.05, 3.63) is 29.3 Å². The zero-order valence-electron chi connectivity index (χ0n) is 9.80. The summed E-state index contributed by atoms with van der Waals surface area (Å²) in [5.74, 6) is 1.79. The third-order valence-corrected chi connectivity index (χ3v) is 2.61. The van der Waals surface area contributed by atoms with E-state index < -0.39 is 0 Å². The SMILES string of the molecule is COc1cc(NC/C=C/CCl)c(OC)cc1Cl. The molecule has 0 atom stereocenters. The molecule has 1 aromatic rings. The van der Waals surface area contributed by atoms with E-state index in [9.17, 15) is 0 Å². The summed E-state index contributed by atoms with van der Waals surface area (Å²) in [7, 11) is 3.17. The number of ether oxygens (including phenoxy) is 2. The van der Waals surface area contributed by atoms with Crippen LogP contribution in [0.2, 0.25) is 5.02 Å². The van der Waals surface area contributed by atoms with Crippen molar-refractivity contribution in [2.75, 3.05) is 32.0 Å². The van der Waals surface area contributed by atoms with Crippen LogP contribution in [0.4, 0.5) is 5.69 Å². The monoisotopic (exact) mass is 275 g/mol. The highest BCUT2D eigenvalue weighted by Gasteiger charge is 2.08. The van der Waals surface area contributed by atoms with E-state index in [1.54, 1.807) is 26.4 Å². The quantitative estimate of drug-likeness (QED) is 0.636. The van der Waals surface area contributed by atoms with Crippen LogP contribution < -0.4 is 14.8 Å². The van der Waals surface area contributed by atoms with Gasteiger partial charge < -0.3 is 14.8 Å². The maximum Gasteiger partial charge on any atom is 0.143 e. The summed E-state index contributed by atoms with van der Waals surface area (Å²) in [6, 6.07) is 3.52. The maximum atomic E-state index is 6.00. The molecule has 5 heteroatoms. The molecule has 17 heavy (non-hydrogen) atoms. The molecule has 1 N–H and O–H groups in total. The molecular weight excluding hydrogens is 261 g/mol. The van der Waals surface area contributed by atoms with Crippen molar-refractivity contribution < 1.29 is 9.47 Å². The van der Waals surface area contributed by atoms with E-state index in [0.29, 0.717) is 28.9 Å². The van der Waals surface area contributed by atoms with E-state index in [1.165, 1.54) is 0 Å². The lowest BCUT2D eigenvalue weighted by atomic mass is 10.2. The van der Waals surface area contributed by atoms with Crippen molar-refractivity contribution in [3.8, 4) is 11.5 Å². The van der Waals surface area contributed by atoms with Gasteiger partial charge in [-0.2, -0.15) is 0 Å². The molecule has 3 nitrogen and oxygen atoms in total. The van der Waals surface area contributed by atoms with Crippen LogP contribution in [0.5, 0.6) is 11.5 Å². The minimum absolute atomic E-state index is 0.503. The fourth-order valence-electron chi connectivity index (χ4n) is 1.31. The first-order valence-corrected chi connectivity index (χ1v) is 6.00. The number of rotatable bonds is 6. The van der Waals surface area contributed by atoms with Crippen LogP contribution in [0, 0.1) is 0 Å². The van der Waals surface area contributed by atoms with E-state index >= 15 is 0 Å². The molecule has 0 aliphatic carbocycles. The smallest absolute Gasteiger partial charge is 0.143 e. The Kier molecular flexibility index (Phi) is 6.01. The van der Waals surface area contributed by atoms with Crippen LogP contribution in [0.3, 0.4) is 0 Å². The van der Waals surface area contributed by atoms with Gasteiger partial charge in [0.2, 0.25) is 0 Å². The Labute approximate surface area is 111 Å². The molecule has 0 aliphatic rings. The molecule has 0 aromatic heterocycles. The predicted molar refractivity (Wildman–Crippen MR) is 72.9 cm³/mol. The number of anilines is 1. The molecule has 0 spiro atoms. The summed E-state index contributed by atoms with van der Waals surface area (Å²) in [6.07, 6.45) is 3.81. The van der Waals surface area contributed by atoms with Crippen LogP contribution in [0.15, 0.2) is 24.3 Å². The summed E-state index contributed by atoms with van der Waals surface area (Å²) in [4.78, 5) is 0. The van der Waals surface area contributed by atoms with Gasteiger partial charge in [-0.3, -0.25) is 0 Å². The molecule has 0 saturated carbocycles. The molecule has 0 heterocycles. The highest BCUT2D eigenvalue weighted by atomic mass is 35.5. The minimum Gasteiger partial charge on any atom is -0.495 e. The first-order chi connectivity index (χ1) is 8.22. The van der Waals surface area contributed by atoms with E-state index in [-0.39, 0.29) is 0 Å². The molecule has 0 aliphatic heterocycles. The summed E-state index contributed by atoms with van der Waals surface area (Å²) < 4.78 is 10.4. The van der Waals surface area contributed by atoms with Gasteiger partial charge >= 0.3 is 0 Å². The first-order valence-electron chi connectivity index (χ1n) is 5.09. The van der Waals surface area contributed by atoms with E-state index in [0.717, 1.165) is 5.69 Å². The second-order valence-electron chi connectivity index (χ2n) is 3.19. The summed E-state index contributed by atoms with van der Waals surface area (Å²) in [6.45, 7) is 0.661. The second-order valence-corrected chi connectivity index (χ2v) is 3.91. The molecule has 1 rings (SSSR count). The molecule has 94 valence electrons. The Bertz CT molecular complexity index is 394. The standard InChI is InChI=1S/C12H15Cl2NO2/c1-16-11-8-10(15-6-4-3-5-13)12(17-2)7-9(11)14/h3-4,7-8,15H,5-6H2,1-2H3/b4-3+. The van der Waals surface area contributed by atoms with Gasteiger partial charge in [-0.05, 0) is 0 Å². The molecule has 0 radical (unpaired) electrons. The van der Waals surface area contributed by atoms with Gasteiger partial charge in [0.05, 0.1) is 24.9 Å². The number of methoxy groups -OCH3 is 2. The van der Waals surface area contributed by atoms with Gasteiger partial charge in [-0.15, -0.1) is 11.6 Å². The topological polar surface area (TPSA) is 30.5 Å². The Morgan fingerprint density at radius 1 is 1.18 bits per heavy atom. The second kappa shape index (κ2) is 7.30. The van der Waals surface area contributed by atoms with Crippen molar-refractivity contribution in [3.63, 3.8) is 0 Å². The van der Waals surface area contributed by atoms with Crippen molar-refractivity contribution in [1.82, 2.24) is 0 Å². The first kappa shape index (κ1) is 14.0. The maximum absolute atomic E-state index is 6.00. The van der Waals surface area contributed by atoms with Crippen LogP contribution in [-0.4, -0.2) is 26.6 Å². The average Bonchev–Trinajstić information content (AvgIpc) is 2.35. The van der Waals surface area contributed by atoms with Gasteiger partial charge in [0.15, 0.2) is 0 Å². The van der Waals surface area contributed by atoms with Gasteiger partial charge in [-0.1, -0.05) is 23.8 Å². The predicted octanol–water partition coefficient (Wildman–Crippen LogP) is 3.56. The van der Waals surface area contributed by atoms with Crippen molar-refractivity contribution in [2.45, 2.75) is 0 Å². The third kappa shape index (κ3) is 4.02.